The van der Waals surface area contributed by atoms with Crippen molar-refractivity contribution in [2.45, 2.75) is 31.9 Å². The molecule has 5 heteroatoms. The molecule has 1 fully saturated rings. The van der Waals surface area contributed by atoms with Crippen LogP contribution in [0.3, 0.4) is 0 Å². The van der Waals surface area contributed by atoms with Crippen molar-refractivity contribution in [2.24, 2.45) is 0 Å². The molecule has 1 aliphatic carbocycles. The van der Waals surface area contributed by atoms with Gasteiger partial charge in [0.1, 0.15) is 0 Å². The number of halogens is 1. The second-order valence-corrected chi connectivity index (χ2v) is 5.44. The molecule has 0 aliphatic heterocycles. The van der Waals surface area contributed by atoms with E-state index in [1.54, 1.807) is 26.2 Å². The number of anilines is 1. The molecule has 0 atom stereocenters. The van der Waals surface area contributed by atoms with Crippen molar-refractivity contribution in [3.05, 3.63) is 28.2 Å². The molecule has 0 bridgehead atoms. The standard InChI is InChI=1S/C14H18BrNO3/c1-3-19-14(17)9-4-5-13(12(15)6-9)16-10-7-11(8-10)18-2/h4-6,10-11,16H,3,7-8H2,1-2H3. The van der Waals surface area contributed by atoms with Gasteiger partial charge in [-0.25, -0.2) is 4.79 Å². The first-order chi connectivity index (χ1) is 9.13. The van der Waals surface area contributed by atoms with Crippen molar-refractivity contribution in [2.75, 3.05) is 19.0 Å². The second kappa shape index (κ2) is 6.39. The van der Waals surface area contributed by atoms with E-state index in [0.717, 1.165) is 23.0 Å². The van der Waals surface area contributed by atoms with Gasteiger partial charge in [-0.15, -0.1) is 0 Å². The zero-order valence-corrected chi connectivity index (χ0v) is 12.7. The predicted octanol–water partition coefficient (Wildman–Crippen LogP) is 3.22. The maximum Gasteiger partial charge on any atom is 0.338 e. The topological polar surface area (TPSA) is 47.6 Å². The van der Waals surface area contributed by atoms with E-state index in [0.29, 0.717) is 24.3 Å². The molecule has 1 aromatic rings. The fourth-order valence-corrected chi connectivity index (χ4v) is 2.56. The Morgan fingerprint density at radius 1 is 1.47 bits per heavy atom. The lowest BCUT2D eigenvalue weighted by atomic mass is 9.89. The van der Waals surface area contributed by atoms with E-state index in [1.807, 2.05) is 6.07 Å². The van der Waals surface area contributed by atoms with E-state index < -0.39 is 0 Å². The Labute approximate surface area is 121 Å². The summed E-state index contributed by atoms with van der Waals surface area (Å²) in [5.74, 6) is -0.294. The summed E-state index contributed by atoms with van der Waals surface area (Å²) in [5.41, 5.74) is 1.55. The molecule has 0 heterocycles. The maximum absolute atomic E-state index is 11.6. The van der Waals surface area contributed by atoms with Gasteiger partial charge < -0.3 is 14.8 Å². The molecule has 1 aliphatic rings. The molecule has 0 radical (unpaired) electrons. The van der Waals surface area contributed by atoms with E-state index in [-0.39, 0.29) is 5.97 Å². The molecule has 1 saturated carbocycles. The molecule has 0 amide bonds. The Balaban J connectivity index is 1.98. The van der Waals surface area contributed by atoms with Crippen LogP contribution in [-0.4, -0.2) is 31.8 Å². The van der Waals surface area contributed by atoms with Gasteiger partial charge in [0.2, 0.25) is 0 Å². The zero-order valence-electron chi connectivity index (χ0n) is 11.1. The quantitative estimate of drug-likeness (QED) is 0.843. The van der Waals surface area contributed by atoms with E-state index in [9.17, 15) is 4.79 Å². The van der Waals surface area contributed by atoms with Crippen LogP contribution in [0.25, 0.3) is 0 Å². The minimum absolute atomic E-state index is 0.294. The molecule has 4 nitrogen and oxygen atoms in total. The van der Waals surface area contributed by atoms with Crippen LogP contribution in [-0.2, 0) is 9.47 Å². The van der Waals surface area contributed by atoms with Gasteiger partial charge in [0.05, 0.1) is 18.3 Å². The summed E-state index contributed by atoms with van der Waals surface area (Å²) in [5, 5.41) is 3.43. The van der Waals surface area contributed by atoms with E-state index in [1.165, 1.54) is 0 Å². The molecular formula is C14H18BrNO3. The first kappa shape index (κ1) is 14.3. The summed E-state index contributed by atoms with van der Waals surface area (Å²) in [6.07, 6.45) is 2.40. The molecule has 104 valence electrons. The average Bonchev–Trinajstić information content (AvgIpc) is 2.35. The first-order valence-corrected chi connectivity index (χ1v) is 7.19. The molecule has 2 rings (SSSR count). The van der Waals surface area contributed by atoms with Gasteiger partial charge in [0, 0.05) is 23.3 Å². The van der Waals surface area contributed by atoms with Crippen molar-refractivity contribution in [1.29, 1.82) is 0 Å². The van der Waals surface area contributed by atoms with Gasteiger partial charge in [-0.05, 0) is 53.9 Å². The number of hydrogen-bond donors (Lipinski definition) is 1. The molecule has 1 N–H and O–H groups in total. The number of esters is 1. The van der Waals surface area contributed by atoms with Crippen LogP contribution in [0, 0.1) is 0 Å². The number of ether oxygens (including phenoxy) is 2. The highest BCUT2D eigenvalue weighted by molar-refractivity contribution is 9.10. The fourth-order valence-electron chi connectivity index (χ4n) is 2.07. The van der Waals surface area contributed by atoms with Gasteiger partial charge in [-0.3, -0.25) is 0 Å². The second-order valence-electron chi connectivity index (χ2n) is 4.59. The van der Waals surface area contributed by atoms with E-state index in [2.05, 4.69) is 21.2 Å². The minimum atomic E-state index is -0.294. The number of carbonyl (C=O) groups excluding carboxylic acids is 1. The maximum atomic E-state index is 11.6. The van der Waals surface area contributed by atoms with E-state index in [4.69, 9.17) is 9.47 Å². The summed E-state index contributed by atoms with van der Waals surface area (Å²) >= 11 is 3.48. The third kappa shape index (κ3) is 3.48. The lowest BCUT2D eigenvalue weighted by Crippen LogP contribution is -2.40. The van der Waals surface area contributed by atoms with Crippen molar-refractivity contribution >= 4 is 27.6 Å². The smallest absolute Gasteiger partial charge is 0.338 e. The Kier molecular flexibility index (Phi) is 4.82. The number of carbonyl (C=O) groups is 1. The first-order valence-electron chi connectivity index (χ1n) is 6.40. The van der Waals surface area contributed by atoms with Crippen LogP contribution >= 0.6 is 15.9 Å². The van der Waals surface area contributed by atoms with Crippen molar-refractivity contribution in [3.63, 3.8) is 0 Å². The predicted molar refractivity (Wildman–Crippen MR) is 77.5 cm³/mol. The minimum Gasteiger partial charge on any atom is -0.462 e. The van der Waals surface area contributed by atoms with Crippen molar-refractivity contribution in [3.8, 4) is 0 Å². The average molecular weight is 328 g/mol. The van der Waals surface area contributed by atoms with Gasteiger partial charge in [-0.1, -0.05) is 0 Å². The number of hydrogen-bond acceptors (Lipinski definition) is 4. The van der Waals surface area contributed by atoms with Crippen molar-refractivity contribution in [1.82, 2.24) is 0 Å². The summed E-state index contributed by atoms with van der Waals surface area (Å²) in [4.78, 5) is 11.6. The van der Waals surface area contributed by atoms with Crippen LogP contribution in [0.4, 0.5) is 5.69 Å². The summed E-state index contributed by atoms with van der Waals surface area (Å²) < 4.78 is 11.1. The molecule has 0 saturated heterocycles. The van der Waals surface area contributed by atoms with Gasteiger partial charge >= 0.3 is 5.97 Å². The highest BCUT2D eigenvalue weighted by Gasteiger charge is 2.29. The van der Waals surface area contributed by atoms with Crippen LogP contribution in [0.15, 0.2) is 22.7 Å². The zero-order chi connectivity index (χ0) is 13.8. The summed E-state index contributed by atoms with van der Waals surface area (Å²) in [6.45, 7) is 2.18. The van der Waals surface area contributed by atoms with Crippen LogP contribution in [0.2, 0.25) is 0 Å². The number of rotatable bonds is 5. The van der Waals surface area contributed by atoms with Gasteiger partial charge in [-0.2, -0.15) is 0 Å². The lowest BCUT2D eigenvalue weighted by molar-refractivity contribution is 0.0328. The van der Waals surface area contributed by atoms with Crippen LogP contribution < -0.4 is 5.32 Å². The Morgan fingerprint density at radius 2 is 2.21 bits per heavy atom. The third-order valence-electron chi connectivity index (χ3n) is 3.27. The molecule has 0 spiro atoms. The SMILES string of the molecule is CCOC(=O)c1ccc(NC2CC(OC)C2)c(Br)c1. The number of methoxy groups -OCH3 is 1. The number of benzene rings is 1. The molecular weight excluding hydrogens is 310 g/mol. The van der Waals surface area contributed by atoms with Gasteiger partial charge in [0.15, 0.2) is 0 Å². The fraction of sp³-hybridized carbons (Fsp3) is 0.500. The molecule has 19 heavy (non-hydrogen) atoms. The normalized spacial score (nSPS) is 21.6. The Morgan fingerprint density at radius 3 is 2.79 bits per heavy atom. The molecule has 0 unspecified atom stereocenters. The highest BCUT2D eigenvalue weighted by atomic mass is 79.9. The largest absolute Gasteiger partial charge is 0.462 e. The van der Waals surface area contributed by atoms with Crippen LogP contribution in [0.1, 0.15) is 30.1 Å². The summed E-state index contributed by atoms with van der Waals surface area (Å²) in [7, 11) is 1.74. The third-order valence-corrected chi connectivity index (χ3v) is 3.92. The lowest BCUT2D eigenvalue weighted by Gasteiger charge is -2.35. The monoisotopic (exact) mass is 327 g/mol. The number of nitrogens with one attached hydrogen (secondary N) is 1. The molecule has 1 aromatic carbocycles. The van der Waals surface area contributed by atoms with Crippen molar-refractivity contribution < 1.29 is 14.3 Å². The Bertz CT molecular complexity index is 458. The van der Waals surface area contributed by atoms with Crippen LogP contribution in [0.5, 0.6) is 0 Å². The summed E-state index contributed by atoms with van der Waals surface area (Å²) in [6, 6.07) is 5.90. The Hall–Kier alpha value is -1.07. The highest BCUT2D eigenvalue weighted by Crippen LogP contribution is 2.30. The van der Waals surface area contributed by atoms with E-state index >= 15 is 0 Å². The van der Waals surface area contributed by atoms with Gasteiger partial charge in [0.25, 0.3) is 0 Å². The molecule has 0 aromatic heterocycles.